The van der Waals surface area contributed by atoms with E-state index in [1.807, 2.05) is 0 Å². The second kappa shape index (κ2) is 8.33. The molecule has 1 heterocycles. The number of halogens is 3. The molecule has 2 aromatic rings. The van der Waals surface area contributed by atoms with E-state index in [4.69, 9.17) is 0 Å². The Hall–Kier alpha value is -3.03. The molecule has 3 rings (SSSR count). The topological polar surface area (TPSA) is 58.6 Å². The summed E-state index contributed by atoms with van der Waals surface area (Å²) in [4.78, 5) is 25.8. The lowest BCUT2D eigenvalue weighted by Crippen LogP contribution is -2.40. The largest absolute Gasteiger partial charge is 0.465 e. The fraction of sp³-hybridized carbons (Fsp3) is 0.300. The van der Waals surface area contributed by atoms with Gasteiger partial charge < -0.3 is 15.0 Å². The van der Waals surface area contributed by atoms with E-state index in [0.717, 1.165) is 31.6 Å². The molecule has 1 N–H and O–H groups in total. The average Bonchev–Trinajstić information content (AvgIpc) is 3.11. The third-order valence-corrected chi connectivity index (χ3v) is 4.70. The minimum absolute atomic E-state index is 0.176. The van der Waals surface area contributed by atoms with E-state index >= 15 is 0 Å². The first-order valence-corrected chi connectivity index (χ1v) is 8.78. The highest BCUT2D eigenvalue weighted by molar-refractivity contribution is 5.94. The van der Waals surface area contributed by atoms with Gasteiger partial charge in [-0.2, -0.15) is 0 Å². The van der Waals surface area contributed by atoms with E-state index in [0.29, 0.717) is 19.0 Å². The first-order chi connectivity index (χ1) is 13.4. The van der Waals surface area contributed by atoms with Crippen molar-refractivity contribution in [3.8, 4) is 0 Å². The van der Waals surface area contributed by atoms with Crippen molar-refractivity contribution in [1.82, 2.24) is 4.90 Å². The number of methoxy groups -OCH3 is 1. The minimum atomic E-state index is -1.08. The number of nitrogens with one attached hydrogen (secondary N) is 1. The fourth-order valence-electron chi connectivity index (χ4n) is 3.35. The van der Waals surface area contributed by atoms with Gasteiger partial charge in [-0.05, 0) is 43.0 Å². The van der Waals surface area contributed by atoms with E-state index < -0.39 is 29.2 Å². The lowest BCUT2D eigenvalue weighted by atomic mass is 10.0. The summed E-state index contributed by atoms with van der Waals surface area (Å²) in [5.41, 5.74) is -0.0363. The number of benzene rings is 2. The highest BCUT2D eigenvalue weighted by atomic mass is 19.1. The summed E-state index contributed by atoms with van der Waals surface area (Å²) >= 11 is 0. The minimum Gasteiger partial charge on any atom is -0.465 e. The maximum Gasteiger partial charge on any atom is 0.340 e. The van der Waals surface area contributed by atoms with Crippen molar-refractivity contribution in [2.24, 2.45) is 0 Å². The van der Waals surface area contributed by atoms with E-state index in [-0.39, 0.29) is 17.5 Å². The van der Waals surface area contributed by atoms with Crippen LogP contribution in [0.5, 0.6) is 0 Å². The number of hydrogen-bond acceptors (Lipinski definition) is 3. The van der Waals surface area contributed by atoms with Crippen LogP contribution in [0.25, 0.3) is 0 Å². The molecule has 0 bridgehead atoms. The third-order valence-electron chi connectivity index (χ3n) is 4.70. The van der Waals surface area contributed by atoms with E-state index in [1.165, 1.54) is 17.0 Å². The summed E-state index contributed by atoms with van der Waals surface area (Å²) in [6.07, 6.45) is 1.94. The van der Waals surface area contributed by atoms with Crippen LogP contribution in [0, 0.1) is 17.5 Å². The Labute approximate surface area is 160 Å². The van der Waals surface area contributed by atoms with Crippen LogP contribution in [0.15, 0.2) is 36.4 Å². The number of carbonyl (C=O) groups excluding carboxylic acids is 2. The first-order valence-electron chi connectivity index (χ1n) is 8.78. The molecule has 2 aromatic carbocycles. The highest BCUT2D eigenvalue weighted by Gasteiger charge is 2.30. The zero-order valence-electron chi connectivity index (χ0n) is 15.2. The van der Waals surface area contributed by atoms with Gasteiger partial charge in [0.05, 0.1) is 18.4 Å². The number of ether oxygens (including phenoxy) is 1. The molecule has 1 atom stereocenters. The van der Waals surface area contributed by atoms with Gasteiger partial charge in [-0.1, -0.05) is 12.1 Å². The Kier molecular flexibility index (Phi) is 5.87. The molecule has 0 saturated carbocycles. The lowest BCUT2D eigenvalue weighted by Gasteiger charge is -2.25. The van der Waals surface area contributed by atoms with Gasteiger partial charge in [0.25, 0.3) is 0 Å². The Balaban J connectivity index is 1.75. The number of urea groups is 1. The van der Waals surface area contributed by atoms with Crippen molar-refractivity contribution >= 4 is 17.7 Å². The van der Waals surface area contributed by atoms with Gasteiger partial charge in [-0.15, -0.1) is 0 Å². The number of anilines is 1. The van der Waals surface area contributed by atoms with Crippen molar-refractivity contribution in [2.75, 3.05) is 19.0 Å². The Morgan fingerprint density at radius 2 is 1.96 bits per heavy atom. The van der Waals surface area contributed by atoms with Gasteiger partial charge in [0.15, 0.2) is 0 Å². The first kappa shape index (κ1) is 19.7. The number of carbonyl (C=O) groups is 2. The van der Waals surface area contributed by atoms with Crippen LogP contribution in [0.3, 0.4) is 0 Å². The second-order valence-electron chi connectivity index (χ2n) is 6.56. The Morgan fingerprint density at radius 3 is 2.68 bits per heavy atom. The van der Waals surface area contributed by atoms with Crippen molar-refractivity contribution in [3.05, 3.63) is 65.0 Å². The zero-order valence-corrected chi connectivity index (χ0v) is 15.2. The van der Waals surface area contributed by atoms with Gasteiger partial charge in [0, 0.05) is 18.7 Å². The summed E-state index contributed by atoms with van der Waals surface area (Å²) in [5.74, 6) is -3.40. The van der Waals surface area contributed by atoms with E-state index in [9.17, 15) is 22.8 Å². The van der Waals surface area contributed by atoms with Crippen LogP contribution in [-0.4, -0.2) is 36.6 Å². The Morgan fingerprint density at radius 1 is 1.18 bits per heavy atom. The summed E-state index contributed by atoms with van der Waals surface area (Å²) in [5, 5.41) is 2.39. The van der Waals surface area contributed by atoms with Gasteiger partial charge in [0.1, 0.15) is 17.5 Å². The van der Waals surface area contributed by atoms with Crippen molar-refractivity contribution in [2.45, 2.75) is 25.3 Å². The molecule has 0 spiro atoms. The molecule has 1 saturated heterocycles. The van der Waals surface area contributed by atoms with Crippen molar-refractivity contribution in [3.63, 3.8) is 0 Å². The SMILES string of the molecule is COC(=O)c1cc(NC(=O)N2CCCC2Cc2cccc(F)c2)c(F)cc1F. The number of amides is 2. The molecule has 1 unspecified atom stereocenters. The van der Waals surface area contributed by atoms with E-state index in [2.05, 4.69) is 10.1 Å². The number of rotatable bonds is 4. The molecule has 1 fully saturated rings. The van der Waals surface area contributed by atoms with Crippen LogP contribution in [0.4, 0.5) is 23.7 Å². The van der Waals surface area contributed by atoms with Gasteiger partial charge in [-0.25, -0.2) is 22.8 Å². The molecule has 28 heavy (non-hydrogen) atoms. The number of nitrogens with zero attached hydrogens (tertiary/aromatic N) is 1. The summed E-state index contributed by atoms with van der Waals surface area (Å²) in [6, 6.07) is 6.83. The molecular formula is C20H19F3N2O3. The van der Waals surface area contributed by atoms with Gasteiger partial charge in [-0.3, -0.25) is 0 Å². The molecular weight excluding hydrogens is 373 g/mol. The van der Waals surface area contributed by atoms with Crippen molar-refractivity contribution < 1.29 is 27.5 Å². The lowest BCUT2D eigenvalue weighted by molar-refractivity contribution is 0.0595. The molecule has 1 aliphatic heterocycles. The summed E-state index contributed by atoms with van der Waals surface area (Å²) in [7, 11) is 1.07. The maximum atomic E-state index is 14.1. The molecule has 5 nitrogen and oxygen atoms in total. The number of likely N-dealkylation sites (tertiary alicyclic amines) is 1. The van der Waals surface area contributed by atoms with Crippen LogP contribution in [0.1, 0.15) is 28.8 Å². The molecule has 0 aliphatic carbocycles. The molecule has 2 amide bonds. The monoisotopic (exact) mass is 392 g/mol. The summed E-state index contributed by atoms with van der Waals surface area (Å²) in [6.45, 7) is 0.457. The number of hydrogen-bond donors (Lipinski definition) is 1. The highest BCUT2D eigenvalue weighted by Crippen LogP contribution is 2.25. The molecule has 8 heteroatoms. The average molecular weight is 392 g/mol. The predicted molar refractivity (Wildman–Crippen MR) is 96.5 cm³/mol. The number of esters is 1. The molecule has 0 radical (unpaired) electrons. The predicted octanol–water partition coefficient (Wildman–Crippen LogP) is 4.13. The smallest absolute Gasteiger partial charge is 0.340 e. The quantitative estimate of drug-likeness (QED) is 0.796. The normalized spacial score (nSPS) is 16.1. The second-order valence-corrected chi connectivity index (χ2v) is 6.56. The van der Waals surface area contributed by atoms with E-state index in [1.54, 1.807) is 12.1 Å². The molecule has 0 aromatic heterocycles. The fourth-order valence-corrected chi connectivity index (χ4v) is 3.35. The molecule has 148 valence electrons. The summed E-state index contributed by atoms with van der Waals surface area (Å²) < 4.78 is 45.7. The van der Waals surface area contributed by atoms with Crippen LogP contribution in [0.2, 0.25) is 0 Å². The Bertz CT molecular complexity index is 904. The third kappa shape index (κ3) is 4.27. The van der Waals surface area contributed by atoms with Crippen molar-refractivity contribution in [1.29, 1.82) is 0 Å². The molecule has 1 aliphatic rings. The van der Waals surface area contributed by atoms with Gasteiger partial charge in [0.2, 0.25) is 0 Å². The van der Waals surface area contributed by atoms with Crippen LogP contribution >= 0.6 is 0 Å². The standard InChI is InChI=1S/C20H19F3N2O3/c1-28-19(26)15-10-18(17(23)11-16(15)22)24-20(27)25-7-3-6-14(25)9-12-4-2-5-13(21)8-12/h2,4-5,8,10-11,14H,3,6-7,9H2,1H3,(H,24,27). The van der Waals surface area contributed by atoms with Crippen LogP contribution in [-0.2, 0) is 11.2 Å². The van der Waals surface area contributed by atoms with Gasteiger partial charge >= 0.3 is 12.0 Å². The zero-order chi connectivity index (χ0) is 20.3. The van der Waals surface area contributed by atoms with Crippen LogP contribution < -0.4 is 5.32 Å². The maximum absolute atomic E-state index is 14.1.